The van der Waals surface area contributed by atoms with E-state index in [1.165, 1.54) is 4.88 Å². The van der Waals surface area contributed by atoms with Gasteiger partial charge in [0.2, 0.25) is 0 Å². The lowest BCUT2D eigenvalue weighted by Crippen LogP contribution is -2.18. The number of para-hydroxylation sites is 1. The molecule has 1 aromatic heterocycles. The molecule has 1 aromatic carbocycles. The van der Waals surface area contributed by atoms with E-state index in [9.17, 15) is 4.79 Å². The zero-order valence-electron chi connectivity index (χ0n) is 10.9. The summed E-state index contributed by atoms with van der Waals surface area (Å²) in [6.45, 7) is 0.674. The average Bonchev–Trinajstić information content (AvgIpc) is 3.00. The van der Waals surface area contributed by atoms with Crippen molar-refractivity contribution in [1.29, 1.82) is 0 Å². The molecule has 2 aromatic rings. The lowest BCUT2D eigenvalue weighted by atomic mass is 10.1. The third-order valence-corrected chi connectivity index (χ3v) is 3.99. The Labute approximate surface area is 121 Å². The van der Waals surface area contributed by atoms with Crippen LogP contribution in [-0.4, -0.2) is 19.2 Å². The second-order valence-electron chi connectivity index (χ2n) is 4.46. The van der Waals surface area contributed by atoms with Gasteiger partial charge in [-0.2, -0.15) is 0 Å². The summed E-state index contributed by atoms with van der Waals surface area (Å²) < 4.78 is 10.8. The Bertz CT molecular complexity index is 629. The Kier molecular flexibility index (Phi) is 3.83. The van der Waals surface area contributed by atoms with E-state index < -0.39 is 0 Å². The standard InChI is InChI=1S/C16H14O3S/c17-16(18-8-7-14-5-3-9-20-14)13-10-12-4-1-2-6-15(12)19-11-13/h1-6,9-10H,7-8,11H2. The summed E-state index contributed by atoms with van der Waals surface area (Å²) in [5.74, 6) is 0.513. The summed E-state index contributed by atoms with van der Waals surface area (Å²) in [5.41, 5.74) is 1.49. The Morgan fingerprint density at radius 2 is 2.15 bits per heavy atom. The molecule has 0 N–H and O–H groups in total. The Morgan fingerprint density at radius 1 is 1.25 bits per heavy atom. The fourth-order valence-electron chi connectivity index (χ4n) is 2.03. The molecule has 0 aliphatic carbocycles. The van der Waals surface area contributed by atoms with Gasteiger partial charge in [-0.25, -0.2) is 4.79 Å². The summed E-state index contributed by atoms with van der Waals surface area (Å²) >= 11 is 1.67. The molecule has 20 heavy (non-hydrogen) atoms. The number of fused-ring (bicyclic) bond motifs is 1. The molecule has 0 saturated heterocycles. The van der Waals surface area contributed by atoms with Crippen LogP contribution in [0.4, 0.5) is 0 Å². The van der Waals surface area contributed by atoms with E-state index in [4.69, 9.17) is 9.47 Å². The number of hydrogen-bond donors (Lipinski definition) is 0. The lowest BCUT2D eigenvalue weighted by molar-refractivity contribution is -0.139. The highest BCUT2D eigenvalue weighted by Crippen LogP contribution is 2.26. The quantitative estimate of drug-likeness (QED) is 0.809. The van der Waals surface area contributed by atoms with E-state index in [-0.39, 0.29) is 12.6 Å². The zero-order chi connectivity index (χ0) is 13.8. The van der Waals surface area contributed by atoms with Gasteiger partial charge in [-0.1, -0.05) is 24.3 Å². The van der Waals surface area contributed by atoms with Crippen molar-refractivity contribution >= 4 is 23.4 Å². The summed E-state index contributed by atoms with van der Waals surface area (Å²) in [6.07, 6.45) is 2.60. The summed E-state index contributed by atoms with van der Waals surface area (Å²) in [4.78, 5) is 13.2. The first kappa shape index (κ1) is 12.9. The van der Waals surface area contributed by atoms with E-state index in [0.717, 1.165) is 17.7 Å². The third-order valence-electron chi connectivity index (χ3n) is 3.06. The molecule has 3 rings (SSSR count). The van der Waals surface area contributed by atoms with Crippen molar-refractivity contribution in [2.75, 3.05) is 13.2 Å². The number of ether oxygens (including phenoxy) is 2. The van der Waals surface area contributed by atoms with Crippen LogP contribution in [0.3, 0.4) is 0 Å². The molecule has 0 amide bonds. The first-order chi connectivity index (χ1) is 9.83. The van der Waals surface area contributed by atoms with Gasteiger partial charge in [0.25, 0.3) is 0 Å². The number of esters is 1. The van der Waals surface area contributed by atoms with Crippen LogP contribution in [0.2, 0.25) is 0 Å². The topological polar surface area (TPSA) is 35.5 Å². The number of thiophene rings is 1. The molecule has 0 spiro atoms. The van der Waals surface area contributed by atoms with Gasteiger partial charge in [0.15, 0.2) is 0 Å². The molecule has 2 heterocycles. The molecule has 0 radical (unpaired) electrons. The highest BCUT2D eigenvalue weighted by molar-refractivity contribution is 7.09. The number of carbonyl (C=O) groups excluding carboxylic acids is 1. The molecule has 0 fully saturated rings. The molecule has 3 nitrogen and oxygen atoms in total. The van der Waals surface area contributed by atoms with E-state index in [1.807, 2.05) is 47.9 Å². The monoisotopic (exact) mass is 286 g/mol. The highest BCUT2D eigenvalue weighted by Gasteiger charge is 2.17. The SMILES string of the molecule is O=C(OCCc1cccs1)C1=Cc2ccccc2OC1. The Morgan fingerprint density at radius 3 is 3.00 bits per heavy atom. The second-order valence-corrected chi connectivity index (χ2v) is 5.49. The van der Waals surface area contributed by atoms with Gasteiger partial charge in [0, 0.05) is 16.9 Å². The van der Waals surface area contributed by atoms with Crippen molar-refractivity contribution in [1.82, 2.24) is 0 Å². The van der Waals surface area contributed by atoms with Gasteiger partial charge in [-0.05, 0) is 23.6 Å². The smallest absolute Gasteiger partial charge is 0.337 e. The first-order valence-corrected chi connectivity index (χ1v) is 7.33. The minimum Gasteiger partial charge on any atom is -0.488 e. The molecule has 4 heteroatoms. The van der Waals surface area contributed by atoms with Gasteiger partial charge in [-0.3, -0.25) is 0 Å². The number of benzene rings is 1. The predicted molar refractivity (Wildman–Crippen MR) is 78.9 cm³/mol. The van der Waals surface area contributed by atoms with Crippen LogP contribution in [0.25, 0.3) is 6.08 Å². The largest absolute Gasteiger partial charge is 0.488 e. The molecule has 1 aliphatic heterocycles. The zero-order valence-corrected chi connectivity index (χ0v) is 11.7. The van der Waals surface area contributed by atoms with Gasteiger partial charge < -0.3 is 9.47 Å². The molecule has 0 unspecified atom stereocenters. The van der Waals surface area contributed by atoms with Crippen molar-refractivity contribution in [3.8, 4) is 5.75 Å². The van der Waals surface area contributed by atoms with Gasteiger partial charge in [0.1, 0.15) is 12.4 Å². The van der Waals surface area contributed by atoms with E-state index in [1.54, 1.807) is 11.3 Å². The molecule has 0 atom stereocenters. The second kappa shape index (κ2) is 5.92. The van der Waals surface area contributed by atoms with Crippen LogP contribution < -0.4 is 4.74 Å². The van der Waals surface area contributed by atoms with Crippen molar-refractivity contribution < 1.29 is 14.3 Å². The van der Waals surface area contributed by atoms with Crippen molar-refractivity contribution in [3.63, 3.8) is 0 Å². The van der Waals surface area contributed by atoms with Crippen LogP contribution in [0.5, 0.6) is 5.75 Å². The fourth-order valence-corrected chi connectivity index (χ4v) is 2.72. The maximum Gasteiger partial charge on any atom is 0.337 e. The molecule has 102 valence electrons. The molecular formula is C16H14O3S. The van der Waals surface area contributed by atoms with Crippen LogP contribution in [-0.2, 0) is 16.0 Å². The normalized spacial score (nSPS) is 13.1. The van der Waals surface area contributed by atoms with Crippen LogP contribution in [0.15, 0.2) is 47.4 Å². The molecule has 0 bridgehead atoms. The maximum atomic E-state index is 12.0. The van der Waals surface area contributed by atoms with E-state index in [0.29, 0.717) is 12.2 Å². The summed E-state index contributed by atoms with van der Waals surface area (Å²) in [7, 11) is 0. The Hall–Kier alpha value is -2.07. The van der Waals surface area contributed by atoms with Gasteiger partial charge in [-0.15, -0.1) is 11.3 Å². The van der Waals surface area contributed by atoms with Crippen molar-refractivity contribution in [3.05, 3.63) is 57.8 Å². The molecular weight excluding hydrogens is 272 g/mol. The van der Waals surface area contributed by atoms with Crippen LogP contribution >= 0.6 is 11.3 Å². The van der Waals surface area contributed by atoms with Crippen LogP contribution in [0, 0.1) is 0 Å². The molecule has 0 saturated carbocycles. The third kappa shape index (κ3) is 2.91. The maximum absolute atomic E-state index is 12.0. The number of hydrogen-bond acceptors (Lipinski definition) is 4. The average molecular weight is 286 g/mol. The van der Waals surface area contributed by atoms with E-state index in [2.05, 4.69) is 0 Å². The number of carbonyl (C=O) groups is 1. The van der Waals surface area contributed by atoms with Crippen molar-refractivity contribution in [2.24, 2.45) is 0 Å². The molecule has 1 aliphatic rings. The summed E-state index contributed by atoms with van der Waals surface area (Å²) in [6, 6.07) is 11.7. The first-order valence-electron chi connectivity index (χ1n) is 6.45. The van der Waals surface area contributed by atoms with Crippen LogP contribution in [0.1, 0.15) is 10.4 Å². The number of rotatable bonds is 4. The highest BCUT2D eigenvalue weighted by atomic mass is 32.1. The minimum absolute atomic E-state index is 0.273. The predicted octanol–water partition coefficient (Wildman–Crippen LogP) is 3.31. The summed E-state index contributed by atoms with van der Waals surface area (Å²) in [5, 5.41) is 2.02. The fraction of sp³-hybridized carbons (Fsp3) is 0.188. The van der Waals surface area contributed by atoms with Crippen molar-refractivity contribution in [2.45, 2.75) is 6.42 Å². The lowest BCUT2D eigenvalue weighted by Gasteiger charge is -2.16. The Balaban J connectivity index is 1.59. The van der Waals surface area contributed by atoms with E-state index >= 15 is 0 Å². The van der Waals surface area contributed by atoms with Gasteiger partial charge >= 0.3 is 5.97 Å². The minimum atomic E-state index is -0.295. The van der Waals surface area contributed by atoms with Gasteiger partial charge in [0.05, 0.1) is 12.2 Å².